The van der Waals surface area contributed by atoms with Crippen LogP contribution in [0.5, 0.6) is 0 Å². The summed E-state index contributed by atoms with van der Waals surface area (Å²) in [5, 5.41) is -0.185. The van der Waals surface area contributed by atoms with Crippen LogP contribution in [0.4, 0.5) is 0 Å². The largest absolute Gasteiger partial charge is 0.282 e. The Kier molecular flexibility index (Phi) is 4.73. The van der Waals surface area contributed by atoms with Crippen LogP contribution in [0, 0.1) is 0 Å². The molecule has 57 valence electrons. The summed E-state index contributed by atoms with van der Waals surface area (Å²) in [7, 11) is 0. The van der Waals surface area contributed by atoms with E-state index in [0.29, 0.717) is 5.56 Å². The van der Waals surface area contributed by atoms with E-state index in [1.54, 1.807) is 12.1 Å². The first-order valence-electron chi connectivity index (χ1n) is 2.59. The van der Waals surface area contributed by atoms with Crippen LogP contribution in [-0.2, 0) is 22.4 Å². The van der Waals surface area contributed by atoms with Crippen molar-refractivity contribution in [1.82, 2.24) is 0 Å². The minimum absolute atomic E-state index is 0. The van der Waals surface area contributed by atoms with E-state index in [1.807, 2.05) is 18.2 Å². The summed E-state index contributed by atoms with van der Waals surface area (Å²) in [6, 6.07) is 8.94. The molecule has 1 rings (SSSR count). The Morgan fingerprint density at radius 2 is 1.70 bits per heavy atom. The molecule has 0 N–H and O–H groups in total. The quantitative estimate of drug-likeness (QED) is 0.590. The molecule has 10 heavy (non-hydrogen) atoms. The van der Waals surface area contributed by atoms with Crippen molar-refractivity contribution in [3.63, 3.8) is 0 Å². The second-order valence-corrected chi connectivity index (χ2v) is 2.08. The van der Waals surface area contributed by atoms with Crippen LogP contribution in [0.2, 0.25) is 0 Å². The van der Waals surface area contributed by atoms with E-state index in [1.165, 1.54) is 0 Å². The molecule has 1 aromatic carbocycles. The molecule has 0 aliphatic carbocycles. The summed E-state index contributed by atoms with van der Waals surface area (Å²) in [5.41, 5.74) is 0.640. The number of hydrogen-bond donors (Lipinski definition) is 1. The molecule has 0 atom stereocenters. The van der Waals surface area contributed by atoms with Gasteiger partial charge in [0.15, 0.2) is 0 Å². The fraction of sp³-hybridized carbons (Fsp3) is 0. The van der Waals surface area contributed by atoms with Gasteiger partial charge in [-0.25, -0.2) is 0 Å². The predicted molar refractivity (Wildman–Crippen MR) is 39.8 cm³/mol. The van der Waals surface area contributed by atoms with Crippen molar-refractivity contribution in [2.75, 3.05) is 0 Å². The average molecular weight is 246 g/mol. The summed E-state index contributed by atoms with van der Waals surface area (Å²) < 4.78 is 0. The third kappa shape index (κ3) is 2.71. The number of benzene rings is 1. The second kappa shape index (κ2) is 4.74. The molecule has 0 heterocycles. The minimum Gasteiger partial charge on any atom is -0.282 e. The number of carbonyl (C=O) groups excluding carboxylic acids is 1. The third-order valence-electron chi connectivity index (χ3n) is 1.02. The van der Waals surface area contributed by atoms with Gasteiger partial charge < -0.3 is 0 Å². The van der Waals surface area contributed by atoms with E-state index in [0.717, 1.165) is 0 Å². The van der Waals surface area contributed by atoms with Gasteiger partial charge in [0.2, 0.25) is 5.12 Å². The first-order valence-corrected chi connectivity index (χ1v) is 3.04. The average Bonchev–Trinajstić information content (AvgIpc) is 1.90. The molecule has 0 saturated carbocycles. The topological polar surface area (TPSA) is 17.1 Å². The molecular formula is C7H6AgOS. The molecule has 1 radical (unpaired) electrons. The molecule has 0 aliphatic heterocycles. The number of rotatable bonds is 1. The van der Waals surface area contributed by atoms with E-state index in [9.17, 15) is 4.79 Å². The Bertz CT molecular complexity index is 210. The fourth-order valence-corrected chi connectivity index (χ4v) is 0.730. The minimum atomic E-state index is -0.185. The Morgan fingerprint density at radius 1 is 1.20 bits per heavy atom. The molecule has 0 unspecified atom stereocenters. The van der Waals surface area contributed by atoms with Crippen molar-refractivity contribution in [2.45, 2.75) is 0 Å². The fourth-order valence-electron chi connectivity index (χ4n) is 0.581. The van der Waals surface area contributed by atoms with E-state index in [2.05, 4.69) is 12.6 Å². The summed E-state index contributed by atoms with van der Waals surface area (Å²) in [4.78, 5) is 10.5. The summed E-state index contributed by atoms with van der Waals surface area (Å²) in [5.74, 6) is 0. The maximum atomic E-state index is 10.5. The van der Waals surface area contributed by atoms with Gasteiger partial charge in [0.1, 0.15) is 0 Å². The third-order valence-corrected chi connectivity index (χ3v) is 1.28. The standard InChI is InChI=1S/C7H6OS.Ag/c8-7(9)6-4-2-1-3-5-6;/h1-5H,(H,8,9);. The number of carbonyl (C=O) groups is 1. The van der Waals surface area contributed by atoms with E-state index >= 15 is 0 Å². The smallest absolute Gasteiger partial charge is 0.216 e. The molecule has 0 fully saturated rings. The van der Waals surface area contributed by atoms with Crippen molar-refractivity contribution in [1.29, 1.82) is 0 Å². The SMILES string of the molecule is O=C(S)c1ccccc1.[Ag]. The van der Waals surface area contributed by atoms with Crippen LogP contribution in [0.1, 0.15) is 10.4 Å². The Balaban J connectivity index is 0.000000810. The van der Waals surface area contributed by atoms with Crippen LogP contribution < -0.4 is 0 Å². The molecule has 0 aliphatic rings. The molecule has 3 heteroatoms. The van der Waals surface area contributed by atoms with Crippen LogP contribution in [0.3, 0.4) is 0 Å². The van der Waals surface area contributed by atoms with Gasteiger partial charge in [-0.05, 0) is 0 Å². The van der Waals surface area contributed by atoms with Crippen molar-refractivity contribution >= 4 is 17.7 Å². The molecule has 0 spiro atoms. The van der Waals surface area contributed by atoms with Crippen LogP contribution >= 0.6 is 12.6 Å². The van der Waals surface area contributed by atoms with Gasteiger partial charge in [0.25, 0.3) is 0 Å². The summed E-state index contributed by atoms with van der Waals surface area (Å²) >= 11 is 3.65. The van der Waals surface area contributed by atoms with Gasteiger partial charge in [-0.15, -0.1) is 12.6 Å². The molecule has 1 nitrogen and oxygen atoms in total. The van der Waals surface area contributed by atoms with Gasteiger partial charge in [-0.1, -0.05) is 30.3 Å². The van der Waals surface area contributed by atoms with Crippen molar-refractivity contribution in [2.24, 2.45) is 0 Å². The van der Waals surface area contributed by atoms with Crippen LogP contribution in [-0.4, -0.2) is 5.12 Å². The van der Waals surface area contributed by atoms with Crippen LogP contribution in [0.25, 0.3) is 0 Å². The van der Waals surface area contributed by atoms with Gasteiger partial charge in [0.05, 0.1) is 0 Å². The monoisotopic (exact) mass is 245 g/mol. The van der Waals surface area contributed by atoms with Crippen LogP contribution in [0.15, 0.2) is 30.3 Å². The molecule has 0 amide bonds. The van der Waals surface area contributed by atoms with Gasteiger partial charge >= 0.3 is 0 Å². The zero-order valence-corrected chi connectivity index (χ0v) is 7.42. The van der Waals surface area contributed by atoms with Gasteiger partial charge in [-0.2, -0.15) is 0 Å². The summed E-state index contributed by atoms with van der Waals surface area (Å²) in [6.07, 6.45) is 0. The first-order chi connectivity index (χ1) is 4.30. The van der Waals surface area contributed by atoms with E-state index < -0.39 is 0 Å². The first kappa shape index (κ1) is 9.98. The Labute approximate surface area is 80.7 Å². The van der Waals surface area contributed by atoms with E-state index in [4.69, 9.17) is 0 Å². The van der Waals surface area contributed by atoms with Crippen molar-refractivity contribution in [3.8, 4) is 0 Å². The second-order valence-electron chi connectivity index (χ2n) is 1.67. The molecule has 1 aromatic rings. The summed E-state index contributed by atoms with van der Waals surface area (Å²) in [6.45, 7) is 0. The molecule has 0 aromatic heterocycles. The maximum absolute atomic E-state index is 10.5. The normalized spacial score (nSPS) is 8.10. The molecular weight excluding hydrogens is 240 g/mol. The number of hydrogen-bond acceptors (Lipinski definition) is 1. The Morgan fingerprint density at radius 3 is 2.00 bits per heavy atom. The van der Waals surface area contributed by atoms with Crippen molar-refractivity contribution in [3.05, 3.63) is 35.9 Å². The van der Waals surface area contributed by atoms with Crippen molar-refractivity contribution < 1.29 is 27.2 Å². The Hall–Kier alpha value is -0.0197. The van der Waals surface area contributed by atoms with E-state index in [-0.39, 0.29) is 27.5 Å². The maximum Gasteiger partial charge on any atom is 0.216 e. The molecule has 0 bridgehead atoms. The van der Waals surface area contributed by atoms with Gasteiger partial charge in [-0.3, -0.25) is 4.79 Å². The zero-order chi connectivity index (χ0) is 6.69. The zero-order valence-electron chi connectivity index (χ0n) is 5.04. The predicted octanol–water partition coefficient (Wildman–Crippen LogP) is 1.75. The van der Waals surface area contributed by atoms with Gasteiger partial charge in [0, 0.05) is 27.9 Å². The molecule has 0 saturated heterocycles. The number of thiol groups is 1.